The third-order valence-corrected chi connectivity index (χ3v) is 0.682. The number of ether oxygens (including phenoxy) is 1. The third-order valence-electron chi connectivity index (χ3n) is 0.682. The van der Waals surface area contributed by atoms with Crippen molar-refractivity contribution in [1.29, 1.82) is 0 Å². The van der Waals surface area contributed by atoms with Crippen molar-refractivity contribution < 1.29 is 11.0 Å². The van der Waals surface area contributed by atoms with E-state index in [9.17, 15) is 4.79 Å². The second-order valence-electron chi connectivity index (χ2n) is 2.02. The van der Waals surface area contributed by atoms with Crippen molar-refractivity contribution in [2.24, 2.45) is 0 Å². The molecule has 0 aliphatic carbocycles. The molecule has 1 N–H and O–H groups in total. The van der Waals surface area contributed by atoms with Crippen molar-refractivity contribution in [1.82, 2.24) is 5.32 Å². The molecule has 0 aliphatic rings. The summed E-state index contributed by atoms with van der Waals surface area (Å²) >= 11 is 0. The maximum absolute atomic E-state index is 10.5. The molecule has 56 valence electrons. The zero-order valence-corrected chi connectivity index (χ0v) is 6.10. The molecule has 0 unspecified atom stereocenters. The van der Waals surface area contributed by atoms with Gasteiger partial charge in [0.2, 0.25) is 0 Å². The zero-order valence-electron chi connectivity index (χ0n) is 6.10. The molecule has 0 heterocycles. The number of rotatable bonds is 2. The second kappa shape index (κ2) is 4.18. The molecule has 0 atom stereocenters. The summed E-state index contributed by atoms with van der Waals surface area (Å²) in [5, 5.41) is 2.58. The standard InChI is InChI=1S/C6H13NO2.H2/c1-4-9-6(8)7-5(2)3;/h5H,4H2,1-3H3,(H,7,8);1H. The summed E-state index contributed by atoms with van der Waals surface area (Å²) in [6, 6.07) is 0.157. The van der Waals surface area contributed by atoms with Gasteiger partial charge < -0.3 is 10.1 Å². The largest absolute Gasteiger partial charge is 0.450 e. The first-order valence-corrected chi connectivity index (χ1v) is 3.10. The van der Waals surface area contributed by atoms with Gasteiger partial charge in [-0.25, -0.2) is 4.79 Å². The fraction of sp³-hybridized carbons (Fsp3) is 0.833. The Morgan fingerprint density at radius 1 is 1.78 bits per heavy atom. The minimum atomic E-state index is -0.340. The molecule has 1 amide bonds. The van der Waals surface area contributed by atoms with Crippen LogP contribution in [0.5, 0.6) is 0 Å². The number of carbonyl (C=O) groups is 1. The van der Waals surface area contributed by atoms with Crippen molar-refractivity contribution >= 4 is 6.09 Å². The SMILES string of the molecule is CCOC(=O)NC(C)C.[HH]. The van der Waals surface area contributed by atoms with Crippen molar-refractivity contribution in [3.05, 3.63) is 0 Å². The van der Waals surface area contributed by atoms with E-state index in [0.29, 0.717) is 6.61 Å². The van der Waals surface area contributed by atoms with Crippen LogP contribution in [0.4, 0.5) is 4.79 Å². The monoisotopic (exact) mass is 133 g/mol. The lowest BCUT2D eigenvalue weighted by Crippen LogP contribution is -2.30. The first-order chi connectivity index (χ1) is 4.16. The molecule has 0 aromatic rings. The molecule has 3 heteroatoms. The number of hydrogen-bond acceptors (Lipinski definition) is 2. The molecule has 0 bridgehead atoms. The van der Waals surface area contributed by atoms with Gasteiger partial charge in [-0.1, -0.05) is 0 Å². The summed E-state index contributed by atoms with van der Waals surface area (Å²) in [7, 11) is 0. The topological polar surface area (TPSA) is 38.3 Å². The van der Waals surface area contributed by atoms with Crippen LogP contribution in [0.1, 0.15) is 22.2 Å². The average Bonchev–Trinajstić information content (AvgIpc) is 1.63. The lowest BCUT2D eigenvalue weighted by atomic mass is 10.4. The summed E-state index contributed by atoms with van der Waals surface area (Å²) in [5.41, 5.74) is 0. The highest BCUT2D eigenvalue weighted by molar-refractivity contribution is 5.67. The predicted octanol–water partition coefficient (Wildman–Crippen LogP) is 1.39. The van der Waals surface area contributed by atoms with E-state index in [2.05, 4.69) is 10.1 Å². The van der Waals surface area contributed by atoms with Crippen molar-refractivity contribution in [3.63, 3.8) is 0 Å². The molecule has 0 spiro atoms. The van der Waals surface area contributed by atoms with E-state index < -0.39 is 0 Å². The van der Waals surface area contributed by atoms with Crippen LogP contribution in [0.15, 0.2) is 0 Å². The summed E-state index contributed by atoms with van der Waals surface area (Å²) < 4.78 is 4.60. The smallest absolute Gasteiger partial charge is 0.407 e. The second-order valence-corrected chi connectivity index (χ2v) is 2.02. The van der Waals surface area contributed by atoms with Gasteiger partial charge in [0.1, 0.15) is 0 Å². The van der Waals surface area contributed by atoms with Gasteiger partial charge in [-0.2, -0.15) is 0 Å². The Morgan fingerprint density at radius 3 is 2.67 bits per heavy atom. The van der Waals surface area contributed by atoms with Gasteiger partial charge in [0, 0.05) is 7.47 Å². The van der Waals surface area contributed by atoms with Gasteiger partial charge in [-0.3, -0.25) is 0 Å². The van der Waals surface area contributed by atoms with E-state index in [1.807, 2.05) is 13.8 Å². The van der Waals surface area contributed by atoms with E-state index >= 15 is 0 Å². The van der Waals surface area contributed by atoms with E-state index in [1.165, 1.54) is 0 Å². The van der Waals surface area contributed by atoms with Crippen LogP contribution < -0.4 is 5.32 Å². The van der Waals surface area contributed by atoms with E-state index in [1.54, 1.807) is 6.92 Å². The maximum atomic E-state index is 10.5. The Balaban J connectivity index is 0. The van der Waals surface area contributed by atoms with Crippen molar-refractivity contribution in [2.75, 3.05) is 6.61 Å². The Bertz CT molecular complexity index is 95.7. The van der Waals surface area contributed by atoms with Crippen LogP contribution in [0.25, 0.3) is 0 Å². The molecular weight excluding hydrogens is 118 g/mol. The van der Waals surface area contributed by atoms with Gasteiger partial charge in [0.25, 0.3) is 0 Å². The fourth-order valence-corrected chi connectivity index (χ4v) is 0.408. The first-order valence-electron chi connectivity index (χ1n) is 3.10. The summed E-state index contributed by atoms with van der Waals surface area (Å²) in [6.45, 7) is 5.98. The Labute approximate surface area is 56.9 Å². The maximum Gasteiger partial charge on any atom is 0.407 e. The minimum Gasteiger partial charge on any atom is -0.450 e. The van der Waals surface area contributed by atoms with Gasteiger partial charge in [0.05, 0.1) is 6.61 Å². The highest BCUT2D eigenvalue weighted by Gasteiger charge is 1.99. The first kappa shape index (κ1) is 8.27. The predicted molar refractivity (Wildman–Crippen MR) is 37.4 cm³/mol. The Kier molecular flexibility index (Phi) is 3.84. The number of alkyl carbamates (subject to hydrolysis) is 1. The normalized spacial score (nSPS) is 9.33. The van der Waals surface area contributed by atoms with Crippen LogP contribution >= 0.6 is 0 Å². The van der Waals surface area contributed by atoms with Crippen molar-refractivity contribution in [2.45, 2.75) is 26.8 Å². The minimum absolute atomic E-state index is 0. The molecule has 0 rings (SSSR count). The number of hydrogen-bond donors (Lipinski definition) is 1. The zero-order chi connectivity index (χ0) is 7.28. The lowest BCUT2D eigenvalue weighted by molar-refractivity contribution is 0.149. The molecule has 0 fully saturated rings. The molecule has 0 saturated heterocycles. The Morgan fingerprint density at radius 2 is 2.33 bits per heavy atom. The summed E-state index contributed by atoms with van der Waals surface area (Å²) in [5.74, 6) is 0. The van der Waals surface area contributed by atoms with E-state index in [0.717, 1.165) is 0 Å². The van der Waals surface area contributed by atoms with Crippen LogP contribution in [0.2, 0.25) is 0 Å². The van der Waals surface area contributed by atoms with E-state index in [4.69, 9.17) is 0 Å². The molecule has 3 nitrogen and oxygen atoms in total. The lowest BCUT2D eigenvalue weighted by Gasteiger charge is -2.06. The molecular formula is C6H15NO2. The highest BCUT2D eigenvalue weighted by Crippen LogP contribution is 1.80. The molecule has 0 aromatic heterocycles. The Hall–Kier alpha value is -0.730. The summed E-state index contributed by atoms with van der Waals surface area (Å²) in [4.78, 5) is 10.5. The van der Waals surface area contributed by atoms with E-state index in [-0.39, 0.29) is 13.6 Å². The molecule has 0 radical (unpaired) electrons. The van der Waals surface area contributed by atoms with Gasteiger partial charge >= 0.3 is 6.09 Å². The fourth-order valence-electron chi connectivity index (χ4n) is 0.408. The number of carbonyl (C=O) groups excluding carboxylic acids is 1. The summed E-state index contributed by atoms with van der Waals surface area (Å²) in [6.07, 6.45) is -0.340. The van der Waals surface area contributed by atoms with Crippen LogP contribution in [0.3, 0.4) is 0 Å². The molecule has 0 aromatic carbocycles. The van der Waals surface area contributed by atoms with Crippen LogP contribution in [-0.4, -0.2) is 18.7 Å². The van der Waals surface area contributed by atoms with Gasteiger partial charge in [-0.15, -0.1) is 0 Å². The van der Waals surface area contributed by atoms with Crippen molar-refractivity contribution in [3.8, 4) is 0 Å². The van der Waals surface area contributed by atoms with Crippen LogP contribution in [-0.2, 0) is 4.74 Å². The third kappa shape index (κ3) is 5.14. The quantitative estimate of drug-likeness (QED) is 0.618. The van der Waals surface area contributed by atoms with Gasteiger partial charge in [-0.05, 0) is 20.8 Å². The van der Waals surface area contributed by atoms with Crippen LogP contribution in [0, 0.1) is 0 Å². The van der Waals surface area contributed by atoms with Gasteiger partial charge in [0.15, 0.2) is 0 Å². The number of nitrogens with one attached hydrogen (secondary N) is 1. The average molecular weight is 133 g/mol. The molecule has 0 saturated carbocycles. The number of amides is 1. The highest BCUT2D eigenvalue weighted by atomic mass is 16.5. The molecule has 9 heavy (non-hydrogen) atoms. The molecule has 0 aliphatic heterocycles.